The SMILES string of the molecule is O=S1c2ccccc2-c2ccc(C3=CN(c4ccccc4)CN3)cc21. The number of fused-ring (bicyclic) bond motifs is 3. The number of benzene rings is 3. The monoisotopic (exact) mass is 344 g/mol. The van der Waals surface area contributed by atoms with Crippen LogP contribution in [0.2, 0.25) is 0 Å². The van der Waals surface area contributed by atoms with E-state index in [1.807, 2.05) is 42.5 Å². The van der Waals surface area contributed by atoms with Crippen molar-refractivity contribution < 1.29 is 4.21 Å². The Morgan fingerprint density at radius 3 is 2.48 bits per heavy atom. The van der Waals surface area contributed by atoms with Gasteiger partial charge in [0.25, 0.3) is 0 Å². The molecule has 0 aliphatic carbocycles. The van der Waals surface area contributed by atoms with Gasteiger partial charge in [-0.3, -0.25) is 0 Å². The summed E-state index contributed by atoms with van der Waals surface area (Å²) in [5, 5.41) is 3.44. The van der Waals surface area contributed by atoms with Gasteiger partial charge in [-0.1, -0.05) is 48.5 Å². The van der Waals surface area contributed by atoms with E-state index in [1.165, 1.54) is 0 Å². The molecule has 1 unspecified atom stereocenters. The molecular weight excluding hydrogens is 328 g/mol. The number of nitrogens with one attached hydrogen (secondary N) is 1. The molecule has 2 heterocycles. The van der Waals surface area contributed by atoms with E-state index in [9.17, 15) is 4.21 Å². The van der Waals surface area contributed by atoms with Crippen LogP contribution in [-0.2, 0) is 10.8 Å². The predicted molar refractivity (Wildman–Crippen MR) is 101 cm³/mol. The summed E-state index contributed by atoms with van der Waals surface area (Å²) in [4.78, 5) is 3.99. The molecule has 0 bridgehead atoms. The minimum Gasteiger partial charge on any atom is -0.366 e. The van der Waals surface area contributed by atoms with Crippen molar-refractivity contribution in [1.29, 1.82) is 0 Å². The Bertz CT molecular complexity index is 1030. The van der Waals surface area contributed by atoms with E-state index in [2.05, 4.69) is 46.7 Å². The van der Waals surface area contributed by atoms with Gasteiger partial charge in [-0.2, -0.15) is 0 Å². The van der Waals surface area contributed by atoms with Gasteiger partial charge in [0.05, 0.1) is 33.0 Å². The number of hydrogen-bond acceptors (Lipinski definition) is 3. The highest BCUT2D eigenvalue weighted by atomic mass is 32.2. The highest BCUT2D eigenvalue weighted by molar-refractivity contribution is 7.85. The van der Waals surface area contributed by atoms with Gasteiger partial charge in [0.15, 0.2) is 0 Å². The average Bonchev–Trinajstić information content (AvgIpc) is 3.27. The van der Waals surface area contributed by atoms with Crippen molar-refractivity contribution in [2.24, 2.45) is 0 Å². The average molecular weight is 344 g/mol. The van der Waals surface area contributed by atoms with Crippen LogP contribution < -0.4 is 10.2 Å². The minimum atomic E-state index is -1.10. The number of rotatable bonds is 2. The van der Waals surface area contributed by atoms with Gasteiger partial charge in [-0.05, 0) is 35.4 Å². The van der Waals surface area contributed by atoms with Gasteiger partial charge < -0.3 is 10.2 Å². The Hall–Kier alpha value is -2.85. The highest BCUT2D eigenvalue weighted by Crippen LogP contribution is 2.41. The largest absolute Gasteiger partial charge is 0.366 e. The maximum absolute atomic E-state index is 12.8. The maximum atomic E-state index is 12.8. The molecule has 122 valence electrons. The lowest BCUT2D eigenvalue weighted by molar-refractivity contribution is 0.685. The van der Waals surface area contributed by atoms with Crippen LogP contribution in [0.5, 0.6) is 0 Å². The summed E-state index contributed by atoms with van der Waals surface area (Å²) in [7, 11) is -1.10. The van der Waals surface area contributed by atoms with Crippen LogP contribution in [0.1, 0.15) is 5.56 Å². The van der Waals surface area contributed by atoms with Crippen molar-refractivity contribution in [1.82, 2.24) is 5.32 Å². The fourth-order valence-electron chi connectivity index (χ4n) is 3.41. The topological polar surface area (TPSA) is 32.3 Å². The third kappa shape index (κ3) is 2.29. The molecule has 3 aromatic carbocycles. The Labute approximate surface area is 149 Å². The van der Waals surface area contributed by atoms with Crippen molar-refractivity contribution in [3.8, 4) is 11.1 Å². The maximum Gasteiger partial charge on any atom is 0.0921 e. The van der Waals surface area contributed by atoms with Crippen molar-refractivity contribution in [2.45, 2.75) is 9.79 Å². The Morgan fingerprint density at radius 1 is 0.840 bits per heavy atom. The minimum absolute atomic E-state index is 0.736. The molecule has 0 fully saturated rings. The fraction of sp³-hybridized carbons (Fsp3) is 0.0476. The van der Waals surface area contributed by atoms with Crippen LogP contribution in [0.3, 0.4) is 0 Å². The van der Waals surface area contributed by atoms with Crippen LogP contribution in [-0.4, -0.2) is 10.9 Å². The Morgan fingerprint density at radius 2 is 1.60 bits per heavy atom. The molecule has 0 saturated heterocycles. The van der Waals surface area contributed by atoms with Crippen LogP contribution in [0.15, 0.2) is 88.8 Å². The zero-order chi connectivity index (χ0) is 16.8. The van der Waals surface area contributed by atoms with Crippen molar-refractivity contribution in [3.63, 3.8) is 0 Å². The van der Waals surface area contributed by atoms with Crippen molar-refractivity contribution in [3.05, 3.63) is 84.6 Å². The fourth-order valence-corrected chi connectivity index (χ4v) is 4.84. The Kier molecular flexibility index (Phi) is 3.25. The van der Waals surface area contributed by atoms with Gasteiger partial charge >= 0.3 is 0 Å². The first-order valence-corrected chi connectivity index (χ1v) is 9.39. The van der Waals surface area contributed by atoms with Gasteiger partial charge in [-0.25, -0.2) is 4.21 Å². The lowest BCUT2D eigenvalue weighted by Gasteiger charge is -2.13. The van der Waals surface area contributed by atoms with E-state index in [-0.39, 0.29) is 0 Å². The molecule has 2 aliphatic heterocycles. The molecule has 0 saturated carbocycles. The third-order valence-corrected chi connectivity index (χ3v) is 6.17. The van der Waals surface area contributed by atoms with E-state index >= 15 is 0 Å². The quantitative estimate of drug-likeness (QED) is 0.591. The number of para-hydroxylation sites is 1. The molecule has 0 spiro atoms. The predicted octanol–water partition coefficient (Wildman–Crippen LogP) is 4.20. The molecule has 2 aliphatic rings. The van der Waals surface area contributed by atoms with Crippen LogP contribution in [0.4, 0.5) is 5.69 Å². The molecule has 3 nitrogen and oxygen atoms in total. The highest BCUT2D eigenvalue weighted by Gasteiger charge is 2.26. The summed E-state index contributed by atoms with van der Waals surface area (Å²) in [6, 6.07) is 24.5. The van der Waals surface area contributed by atoms with Crippen LogP contribution in [0.25, 0.3) is 16.8 Å². The zero-order valence-electron chi connectivity index (χ0n) is 13.5. The lowest BCUT2D eigenvalue weighted by Crippen LogP contribution is -2.20. The molecule has 3 aromatic rings. The van der Waals surface area contributed by atoms with Gasteiger partial charge in [0.2, 0.25) is 0 Å². The van der Waals surface area contributed by atoms with Crippen LogP contribution in [0, 0.1) is 0 Å². The van der Waals surface area contributed by atoms with Crippen LogP contribution >= 0.6 is 0 Å². The normalized spacial score (nSPS) is 17.7. The summed E-state index contributed by atoms with van der Waals surface area (Å²) in [5.74, 6) is 0. The first kappa shape index (κ1) is 14.5. The Balaban J connectivity index is 1.52. The van der Waals surface area contributed by atoms with E-state index in [4.69, 9.17) is 0 Å². The molecule has 0 amide bonds. The molecule has 4 heteroatoms. The second kappa shape index (κ2) is 5.60. The summed E-state index contributed by atoms with van der Waals surface area (Å²) >= 11 is 0. The molecule has 0 aromatic heterocycles. The molecule has 1 atom stereocenters. The standard InChI is InChI=1S/C21H16N2OS/c24-25-20-9-5-4-8-17(20)18-11-10-15(12-21(18)25)19-13-23(14-22-19)16-6-2-1-3-7-16/h1-13,22H,14H2. The van der Waals surface area contributed by atoms with E-state index < -0.39 is 10.8 Å². The lowest BCUT2D eigenvalue weighted by atomic mass is 10.0. The third-order valence-electron chi connectivity index (χ3n) is 4.68. The molecule has 1 N–H and O–H groups in total. The van der Waals surface area contributed by atoms with Gasteiger partial charge in [0, 0.05) is 17.5 Å². The number of nitrogens with zero attached hydrogens (tertiary/aromatic N) is 1. The first-order valence-electron chi connectivity index (χ1n) is 8.24. The van der Waals surface area contributed by atoms with Gasteiger partial charge in [-0.15, -0.1) is 0 Å². The number of hydrogen-bond donors (Lipinski definition) is 1. The second-order valence-corrected chi connectivity index (χ2v) is 7.58. The summed E-state index contributed by atoms with van der Waals surface area (Å²) in [6.45, 7) is 0.736. The van der Waals surface area contributed by atoms with Gasteiger partial charge in [0.1, 0.15) is 0 Å². The number of anilines is 1. The second-order valence-electron chi connectivity index (χ2n) is 6.16. The van der Waals surface area contributed by atoms with E-state index in [1.54, 1.807) is 0 Å². The summed E-state index contributed by atoms with van der Waals surface area (Å²) in [5.41, 5.74) is 5.44. The molecular formula is C21H16N2OS. The van der Waals surface area contributed by atoms with E-state index in [0.717, 1.165) is 44.5 Å². The van der Waals surface area contributed by atoms with Crippen molar-refractivity contribution in [2.75, 3.05) is 11.6 Å². The van der Waals surface area contributed by atoms with E-state index in [0.29, 0.717) is 0 Å². The molecule has 0 radical (unpaired) electrons. The van der Waals surface area contributed by atoms with Crippen molar-refractivity contribution >= 4 is 22.2 Å². The first-order chi connectivity index (χ1) is 12.3. The summed E-state index contributed by atoms with van der Waals surface area (Å²) in [6.07, 6.45) is 2.11. The molecule has 25 heavy (non-hydrogen) atoms. The smallest absolute Gasteiger partial charge is 0.0921 e. The summed E-state index contributed by atoms with van der Waals surface area (Å²) < 4.78 is 12.8. The molecule has 5 rings (SSSR count). The zero-order valence-corrected chi connectivity index (χ0v) is 14.3.